The van der Waals surface area contributed by atoms with E-state index in [-0.39, 0.29) is 51.4 Å². The lowest BCUT2D eigenvalue weighted by Crippen LogP contribution is -2.65. The molecule has 418 valence electrons. The van der Waals surface area contributed by atoms with Crippen LogP contribution in [0.2, 0.25) is 0 Å². The summed E-state index contributed by atoms with van der Waals surface area (Å²) in [6.07, 6.45) is -23.7. The first-order valence-electron chi connectivity index (χ1n) is 23.8. The predicted octanol–water partition coefficient (Wildman–Crippen LogP) is -1.07. The lowest BCUT2D eigenvalue weighted by molar-refractivity contribution is -0.357. The van der Waals surface area contributed by atoms with Gasteiger partial charge in [-0.05, 0) is 77.9 Å². The number of rotatable bonds is 17. The molecule has 0 unspecified atom stereocenters. The van der Waals surface area contributed by atoms with Gasteiger partial charge in [0.05, 0.1) is 25.4 Å². The fourth-order valence-corrected chi connectivity index (χ4v) is 8.38. The maximum Gasteiger partial charge on any atom is 0.510 e. The van der Waals surface area contributed by atoms with Crippen LogP contribution in [0.1, 0.15) is 11.1 Å². The van der Waals surface area contributed by atoms with E-state index in [0.717, 1.165) is 24.3 Å². The molecule has 0 spiro atoms. The monoisotopic (exact) mass is 1100 g/mol. The fourth-order valence-electron chi connectivity index (χ4n) is 8.38. The summed E-state index contributed by atoms with van der Waals surface area (Å²) in [4.78, 5) is 36.6. The minimum absolute atomic E-state index is 0.107. The number of aliphatic hydroxyl groups excluding tert-OH is 9. The third-order valence-electron chi connectivity index (χ3n) is 12.7. The first kappa shape index (κ1) is 56.8. The van der Waals surface area contributed by atoms with Crippen LogP contribution in [0.15, 0.2) is 100 Å². The van der Waals surface area contributed by atoms with Gasteiger partial charge >= 0.3 is 11.9 Å². The van der Waals surface area contributed by atoms with E-state index in [1.165, 1.54) is 86.0 Å². The number of aromatic hydroxyl groups is 4. The van der Waals surface area contributed by atoms with Gasteiger partial charge in [-0.2, -0.15) is 0 Å². The van der Waals surface area contributed by atoms with Gasteiger partial charge in [0, 0.05) is 23.8 Å². The van der Waals surface area contributed by atoms with E-state index in [1.807, 2.05) is 0 Å². The van der Waals surface area contributed by atoms with Gasteiger partial charge in [-0.1, -0.05) is 12.1 Å². The average Bonchev–Trinajstić information content (AvgIpc) is 3.51. The van der Waals surface area contributed by atoms with Crippen molar-refractivity contribution in [2.45, 2.75) is 92.1 Å². The van der Waals surface area contributed by atoms with Crippen molar-refractivity contribution >= 4 is 24.1 Å². The summed E-state index contributed by atoms with van der Waals surface area (Å²) in [5.41, 5.74) is 0.0794. The molecule has 3 aromatic rings. The molecule has 78 heavy (non-hydrogen) atoms. The number of phenolic OH excluding ortho intramolecular Hbond substituents is 4. The zero-order valence-corrected chi connectivity index (χ0v) is 40.8. The van der Waals surface area contributed by atoms with E-state index in [2.05, 4.69) is 0 Å². The van der Waals surface area contributed by atoms with E-state index >= 15 is 0 Å². The summed E-state index contributed by atoms with van der Waals surface area (Å²) in [5, 5.41) is 138. The molecule has 26 heteroatoms. The number of ether oxygens (including phenoxy) is 9. The number of esters is 2. The highest BCUT2D eigenvalue weighted by Gasteiger charge is 2.53. The van der Waals surface area contributed by atoms with Crippen molar-refractivity contribution in [3.63, 3.8) is 0 Å². The summed E-state index contributed by atoms with van der Waals surface area (Å²) in [6.45, 7) is -2.32. The van der Waals surface area contributed by atoms with Gasteiger partial charge in [-0.15, -0.1) is 0 Å². The molecule has 3 fully saturated rings. The second-order valence-corrected chi connectivity index (χ2v) is 18.0. The molecule has 4 heterocycles. The number of hydrogen-bond acceptors (Lipinski definition) is 25. The topological polar surface area (TPSA) is 415 Å². The minimum Gasteiger partial charge on any atom is -0.508 e. The molecule has 1 aliphatic carbocycles. The number of methoxy groups -OCH3 is 1. The summed E-state index contributed by atoms with van der Waals surface area (Å²) < 4.78 is 57.9. The molecule has 15 atom stereocenters. The van der Waals surface area contributed by atoms with Crippen molar-refractivity contribution < 1.29 is 123 Å². The molecule has 5 aliphatic rings. The van der Waals surface area contributed by atoms with Crippen LogP contribution in [0.4, 0.5) is 0 Å². The predicted molar refractivity (Wildman–Crippen MR) is 262 cm³/mol. The molecule has 0 amide bonds. The quantitative estimate of drug-likeness (QED) is 0.0228. The van der Waals surface area contributed by atoms with Crippen LogP contribution in [0.25, 0.3) is 34.8 Å². The molecule has 0 aromatic heterocycles. The van der Waals surface area contributed by atoms with Gasteiger partial charge in [0.1, 0.15) is 84.9 Å². The third kappa shape index (κ3) is 12.8. The van der Waals surface area contributed by atoms with Gasteiger partial charge in [0.2, 0.25) is 19.2 Å². The highest BCUT2D eigenvalue weighted by Crippen LogP contribution is 2.44. The number of benzene rings is 4. The number of phenols is 4. The van der Waals surface area contributed by atoms with Gasteiger partial charge in [0.25, 0.3) is 0 Å². The van der Waals surface area contributed by atoms with Crippen molar-refractivity contribution in [1.82, 2.24) is 0 Å². The van der Waals surface area contributed by atoms with Crippen molar-refractivity contribution in [3.8, 4) is 62.9 Å². The number of aliphatic hydroxyl groups is 9. The van der Waals surface area contributed by atoms with E-state index in [4.69, 9.17) is 47.0 Å². The molecule has 3 aromatic carbocycles. The summed E-state index contributed by atoms with van der Waals surface area (Å²) in [6, 6.07) is 16.5. The van der Waals surface area contributed by atoms with Crippen LogP contribution < -0.4 is 19.6 Å². The van der Waals surface area contributed by atoms with E-state index in [0.29, 0.717) is 11.1 Å². The third-order valence-corrected chi connectivity index (χ3v) is 12.7. The molecule has 0 bridgehead atoms. The van der Waals surface area contributed by atoms with Crippen molar-refractivity contribution in [2.75, 3.05) is 26.9 Å². The Kier molecular flexibility index (Phi) is 17.8. The van der Waals surface area contributed by atoms with E-state index in [9.17, 15) is 80.8 Å². The summed E-state index contributed by atoms with van der Waals surface area (Å²) in [7, 11) is 1.33. The maximum absolute atomic E-state index is 13.1. The van der Waals surface area contributed by atoms with Gasteiger partial charge < -0.3 is 118 Å². The Bertz CT molecular complexity index is 2980. The minimum atomic E-state index is -2.13. The van der Waals surface area contributed by atoms with Crippen molar-refractivity contribution in [1.29, 1.82) is 0 Å². The van der Waals surface area contributed by atoms with Crippen molar-refractivity contribution in [3.05, 3.63) is 112 Å². The molecule has 14 N–H and O–H groups in total. The largest absolute Gasteiger partial charge is 0.510 e. The van der Waals surface area contributed by atoms with Crippen LogP contribution in [0, 0.1) is 0 Å². The fraction of sp³-hybridized carbons (Fsp3) is 0.365. The molecule has 4 aliphatic heterocycles. The van der Waals surface area contributed by atoms with Gasteiger partial charge in [0.15, 0.2) is 58.4 Å². The standard InChI is InChI=1S/C52H54O26/c1-69-33-15-23(3-11-29(33)57)5-13-39(60)70-20-36-41(62)44(65)47(68)51(76-36)78-49-45(66)42(63)37(21-71-38(59)12-4-22-2-10-28(56)30(58)14-22)77-52(49)74-34-18-27-31(72-48(34)24-6-8-25(54)9-7-24)16-26(55)17-32(27)73-50-46(67)43(64)40(61)35(19-53)75-50/h2-18,35-37,40-47,49-54,56-58,61-68H,19-21H2,1H3/p+1/t35-,36+,37-,40-,41-,42-,43+,44+,45+,46-,47+,49-,50-,51+,52-/m1/s1. The van der Waals surface area contributed by atoms with Crippen LogP contribution >= 0.6 is 0 Å². The summed E-state index contributed by atoms with van der Waals surface area (Å²) in [5.74, 6) is -3.96. The zero-order valence-electron chi connectivity index (χ0n) is 40.8. The van der Waals surface area contributed by atoms with Crippen LogP contribution in [0.3, 0.4) is 0 Å². The van der Waals surface area contributed by atoms with Crippen LogP contribution in [-0.4, -0.2) is 202 Å². The Balaban J connectivity index is 1.11. The molecule has 8 rings (SSSR count). The first-order chi connectivity index (χ1) is 37.2. The first-order valence-corrected chi connectivity index (χ1v) is 23.8. The zero-order chi connectivity index (χ0) is 56.1. The molecule has 26 nitrogen and oxygen atoms in total. The maximum atomic E-state index is 13.1. The number of hydrogen-bond donors (Lipinski definition) is 13. The number of carbonyl (C=O) groups is 1. The molecule has 0 saturated carbocycles. The number of fused-ring (bicyclic) bond motifs is 1. The Hall–Kier alpha value is -7.41. The average molecular weight is 1100 g/mol. The highest BCUT2D eigenvalue weighted by molar-refractivity contribution is 5.88. The molecule has 3 saturated heterocycles. The molecular weight excluding hydrogens is 1040 g/mol. The van der Waals surface area contributed by atoms with Gasteiger partial charge in [-0.25, -0.2) is 4.79 Å². The molecule has 0 radical (unpaired) electrons. The van der Waals surface area contributed by atoms with E-state index in [1.54, 1.807) is 0 Å². The lowest BCUT2D eigenvalue weighted by atomic mass is 9.97. The highest BCUT2D eigenvalue weighted by atomic mass is 16.8. The van der Waals surface area contributed by atoms with Crippen LogP contribution in [-0.2, 0) is 33.2 Å². The Morgan fingerprint density at radius 1 is 0.590 bits per heavy atom. The lowest BCUT2D eigenvalue weighted by Gasteiger charge is -2.45. The number of carbonyl (C=O) groups excluding carboxylic acids is 2. The Labute approximate surface area is 440 Å². The van der Waals surface area contributed by atoms with Crippen LogP contribution in [0.5, 0.6) is 40.2 Å². The smallest absolute Gasteiger partial charge is 0.508 e. The Morgan fingerprint density at radius 2 is 1.18 bits per heavy atom. The SMILES string of the molecule is COc1cc(C=CC(=O)OC[C@@H]2O[C@@H](O[C@H]3[C@H](Oc4cc5c(O[C@@H]6O[C@H](CO)[C@@H](O)[C@H](O)[C@H]6O)cc(=O)cc-5oc4-c4ccc(O)cc4)O[C@H](COC(=[OH+])C=Cc4ccc(O)c(O)c4)[C@@H](O)[C@@H]3O)[C@@H](O)[C@@H](O)[C@@H]2O)ccc1O. The van der Waals surface area contributed by atoms with Crippen molar-refractivity contribution in [2.24, 2.45) is 0 Å². The van der Waals surface area contributed by atoms with Gasteiger partial charge in [-0.3, -0.25) is 4.79 Å². The Morgan fingerprint density at radius 3 is 1.86 bits per heavy atom. The normalized spacial score (nSPS) is 29.3. The van der Waals surface area contributed by atoms with E-state index < -0.39 is 141 Å². The second kappa shape index (κ2) is 24.5. The summed E-state index contributed by atoms with van der Waals surface area (Å²) >= 11 is 0. The second-order valence-electron chi connectivity index (χ2n) is 18.0. The molecular formula is C52H55O26+.